The van der Waals surface area contributed by atoms with Gasteiger partial charge in [0.1, 0.15) is 6.54 Å². The van der Waals surface area contributed by atoms with Crippen molar-refractivity contribution in [2.75, 3.05) is 6.54 Å². The number of carboxylic acid groups (broad SMARTS) is 1. The standard InChI is InChI=1S/C12H14N2O6S/c1-8-3-2-4-10(14(17)18)12(8)21(19,20)13(7-11(15)16)9-5-6-9/h2-4,9H,5-7H2,1H3,(H,15,16). The van der Waals surface area contributed by atoms with Crippen LogP contribution in [0, 0.1) is 17.0 Å². The van der Waals surface area contributed by atoms with Crippen LogP contribution >= 0.6 is 0 Å². The van der Waals surface area contributed by atoms with E-state index in [0.717, 1.165) is 10.4 Å². The number of sulfonamides is 1. The topological polar surface area (TPSA) is 118 Å². The maximum Gasteiger partial charge on any atom is 0.318 e. The van der Waals surface area contributed by atoms with Crippen molar-refractivity contribution in [3.05, 3.63) is 33.9 Å². The summed E-state index contributed by atoms with van der Waals surface area (Å²) in [6.45, 7) is 0.754. The molecule has 1 aliphatic rings. The van der Waals surface area contributed by atoms with Crippen LogP contribution in [0.15, 0.2) is 23.1 Å². The van der Waals surface area contributed by atoms with Gasteiger partial charge in [0.25, 0.3) is 15.7 Å². The largest absolute Gasteiger partial charge is 0.480 e. The van der Waals surface area contributed by atoms with Crippen LogP contribution in [0.25, 0.3) is 0 Å². The Bertz CT molecular complexity index is 696. The zero-order valence-electron chi connectivity index (χ0n) is 11.2. The Labute approximate surface area is 121 Å². The molecule has 8 nitrogen and oxygen atoms in total. The predicted octanol–water partition coefficient (Wildman–Crippen LogP) is 1.14. The molecule has 0 amide bonds. The van der Waals surface area contributed by atoms with Crippen molar-refractivity contribution in [2.45, 2.75) is 30.7 Å². The maximum atomic E-state index is 12.7. The van der Waals surface area contributed by atoms with Gasteiger partial charge in [0.15, 0.2) is 4.90 Å². The molecule has 0 radical (unpaired) electrons. The summed E-state index contributed by atoms with van der Waals surface area (Å²) < 4.78 is 26.1. The van der Waals surface area contributed by atoms with Gasteiger partial charge in [-0.15, -0.1) is 0 Å². The zero-order chi connectivity index (χ0) is 15.8. The summed E-state index contributed by atoms with van der Waals surface area (Å²) >= 11 is 0. The zero-order valence-corrected chi connectivity index (χ0v) is 12.0. The fourth-order valence-corrected chi connectivity index (χ4v) is 4.14. The third-order valence-electron chi connectivity index (χ3n) is 3.20. The molecular formula is C12H14N2O6S. The number of nitro benzene ring substituents is 1. The van der Waals surface area contributed by atoms with Gasteiger partial charge < -0.3 is 5.11 Å². The minimum absolute atomic E-state index is 0.222. The molecule has 0 atom stereocenters. The van der Waals surface area contributed by atoms with Gasteiger partial charge in [0.05, 0.1) is 4.92 Å². The van der Waals surface area contributed by atoms with Gasteiger partial charge in [-0.05, 0) is 25.3 Å². The smallest absolute Gasteiger partial charge is 0.318 e. The lowest BCUT2D eigenvalue weighted by Gasteiger charge is -2.20. The summed E-state index contributed by atoms with van der Waals surface area (Å²) in [5.41, 5.74) is -0.314. The molecule has 1 fully saturated rings. The number of aryl methyl sites for hydroxylation is 1. The molecule has 114 valence electrons. The van der Waals surface area contributed by atoms with Gasteiger partial charge in [-0.2, -0.15) is 4.31 Å². The summed E-state index contributed by atoms with van der Waals surface area (Å²) in [7, 11) is -4.23. The Balaban J connectivity index is 2.57. The first-order chi connectivity index (χ1) is 9.75. The van der Waals surface area contributed by atoms with E-state index in [0.29, 0.717) is 12.8 Å². The molecule has 1 aliphatic carbocycles. The Kier molecular flexibility index (Phi) is 3.97. The second kappa shape index (κ2) is 5.41. The van der Waals surface area contributed by atoms with Crippen LogP contribution in [0.4, 0.5) is 5.69 Å². The van der Waals surface area contributed by atoms with Crippen LogP contribution in [0.3, 0.4) is 0 Å². The van der Waals surface area contributed by atoms with Crippen molar-refractivity contribution in [2.24, 2.45) is 0 Å². The Hall–Kier alpha value is -2.00. The van der Waals surface area contributed by atoms with Crippen LogP contribution in [-0.2, 0) is 14.8 Å². The van der Waals surface area contributed by atoms with E-state index in [-0.39, 0.29) is 5.56 Å². The number of rotatable bonds is 6. The third kappa shape index (κ3) is 3.03. The average molecular weight is 314 g/mol. The van der Waals surface area contributed by atoms with Crippen molar-refractivity contribution in [1.82, 2.24) is 4.31 Å². The van der Waals surface area contributed by atoms with Gasteiger partial charge >= 0.3 is 5.97 Å². The minimum atomic E-state index is -4.23. The molecule has 0 aromatic heterocycles. The lowest BCUT2D eigenvalue weighted by molar-refractivity contribution is -0.387. The summed E-state index contributed by atoms with van der Waals surface area (Å²) in [5.74, 6) is -1.29. The Morgan fingerprint density at radius 3 is 2.57 bits per heavy atom. The molecule has 0 saturated heterocycles. The van der Waals surface area contributed by atoms with Crippen LogP contribution in [0.2, 0.25) is 0 Å². The molecule has 0 spiro atoms. The van der Waals surface area contributed by atoms with E-state index < -0.39 is 44.1 Å². The predicted molar refractivity (Wildman–Crippen MR) is 72.4 cm³/mol. The Morgan fingerprint density at radius 1 is 1.48 bits per heavy atom. The van der Waals surface area contributed by atoms with E-state index in [9.17, 15) is 23.3 Å². The Morgan fingerprint density at radius 2 is 2.10 bits per heavy atom. The van der Waals surface area contributed by atoms with E-state index in [2.05, 4.69) is 0 Å². The molecule has 0 unspecified atom stereocenters. The van der Waals surface area contributed by atoms with Crippen LogP contribution in [0.5, 0.6) is 0 Å². The van der Waals surface area contributed by atoms with E-state index >= 15 is 0 Å². The fraction of sp³-hybridized carbons (Fsp3) is 0.417. The number of aliphatic carboxylic acids is 1. The molecule has 9 heteroatoms. The van der Waals surface area contributed by atoms with Gasteiger partial charge in [-0.1, -0.05) is 12.1 Å². The molecule has 1 aromatic carbocycles. The SMILES string of the molecule is Cc1cccc([N+](=O)[O-])c1S(=O)(=O)N(CC(=O)O)C1CC1. The van der Waals surface area contributed by atoms with Crippen LogP contribution in [0.1, 0.15) is 18.4 Å². The molecule has 0 aliphatic heterocycles. The summed E-state index contributed by atoms with van der Waals surface area (Å²) in [6.07, 6.45) is 1.12. The van der Waals surface area contributed by atoms with Gasteiger partial charge in [0, 0.05) is 12.1 Å². The highest BCUT2D eigenvalue weighted by Gasteiger charge is 2.42. The maximum absolute atomic E-state index is 12.7. The number of carbonyl (C=O) groups is 1. The average Bonchev–Trinajstić information content (AvgIpc) is 3.18. The van der Waals surface area contributed by atoms with Crippen LogP contribution in [-0.4, -0.2) is 41.3 Å². The highest BCUT2D eigenvalue weighted by atomic mass is 32.2. The lowest BCUT2D eigenvalue weighted by Crippen LogP contribution is -2.38. The highest BCUT2D eigenvalue weighted by molar-refractivity contribution is 7.89. The first kappa shape index (κ1) is 15.4. The lowest BCUT2D eigenvalue weighted by atomic mass is 10.2. The first-order valence-corrected chi connectivity index (χ1v) is 7.67. The second-order valence-corrected chi connectivity index (χ2v) is 6.68. The highest BCUT2D eigenvalue weighted by Crippen LogP contribution is 2.36. The number of carboxylic acids is 1. The quantitative estimate of drug-likeness (QED) is 0.621. The molecule has 0 bridgehead atoms. The molecule has 0 heterocycles. The second-order valence-electron chi connectivity index (χ2n) is 4.86. The number of nitrogens with zero attached hydrogens (tertiary/aromatic N) is 2. The van der Waals surface area contributed by atoms with E-state index in [1.54, 1.807) is 0 Å². The minimum Gasteiger partial charge on any atom is -0.480 e. The molecule has 1 N–H and O–H groups in total. The molecular weight excluding hydrogens is 300 g/mol. The monoisotopic (exact) mass is 314 g/mol. The normalized spacial score (nSPS) is 15.1. The van der Waals surface area contributed by atoms with Gasteiger partial charge in [-0.3, -0.25) is 14.9 Å². The van der Waals surface area contributed by atoms with Crippen molar-refractivity contribution in [3.63, 3.8) is 0 Å². The van der Waals surface area contributed by atoms with Crippen molar-refractivity contribution >= 4 is 21.7 Å². The van der Waals surface area contributed by atoms with Crippen molar-refractivity contribution in [3.8, 4) is 0 Å². The fourth-order valence-electron chi connectivity index (χ4n) is 2.14. The molecule has 1 saturated carbocycles. The van der Waals surface area contributed by atoms with Gasteiger partial charge in [-0.25, -0.2) is 8.42 Å². The first-order valence-electron chi connectivity index (χ1n) is 6.23. The number of hydrogen-bond donors (Lipinski definition) is 1. The summed E-state index contributed by atoms with van der Waals surface area (Å²) in [5, 5.41) is 19.9. The van der Waals surface area contributed by atoms with Gasteiger partial charge in [0.2, 0.25) is 0 Å². The van der Waals surface area contributed by atoms with E-state index in [4.69, 9.17) is 5.11 Å². The van der Waals surface area contributed by atoms with Crippen molar-refractivity contribution in [1.29, 1.82) is 0 Å². The van der Waals surface area contributed by atoms with Crippen LogP contribution < -0.4 is 0 Å². The number of nitro groups is 1. The molecule has 21 heavy (non-hydrogen) atoms. The molecule has 2 rings (SSSR count). The number of hydrogen-bond acceptors (Lipinski definition) is 5. The molecule has 1 aromatic rings. The van der Waals surface area contributed by atoms with E-state index in [1.165, 1.54) is 19.1 Å². The van der Waals surface area contributed by atoms with Crippen molar-refractivity contribution < 1.29 is 23.2 Å². The number of benzene rings is 1. The summed E-state index contributed by atoms with van der Waals surface area (Å²) in [6, 6.07) is 3.55. The third-order valence-corrected chi connectivity index (χ3v) is 5.29. The van der Waals surface area contributed by atoms with E-state index in [1.807, 2.05) is 0 Å². The summed E-state index contributed by atoms with van der Waals surface area (Å²) in [4.78, 5) is 20.7.